The first-order chi connectivity index (χ1) is 30.7. The zero-order chi connectivity index (χ0) is 43.0. The van der Waals surface area contributed by atoms with Gasteiger partial charge in [0.2, 0.25) is 0 Å². The van der Waals surface area contributed by atoms with Crippen molar-refractivity contribution >= 4 is 113 Å². The third-order valence-electron chi connectivity index (χ3n) is 12.3. The van der Waals surface area contributed by atoms with Crippen LogP contribution in [0.1, 0.15) is 16.7 Å². The Labute approximate surface area is 365 Å². The first-order valence-electron chi connectivity index (χ1n) is 21.1. The van der Waals surface area contributed by atoms with E-state index < -0.39 is 8.07 Å². The summed E-state index contributed by atoms with van der Waals surface area (Å²) in [6.07, 6.45) is 0. The highest BCUT2D eigenvalue weighted by Gasteiger charge is 2.26. The number of rotatable bonds is 7. The van der Waals surface area contributed by atoms with E-state index in [1.54, 1.807) is 0 Å². The number of furan rings is 2. The predicted octanol–water partition coefficient (Wildman–Crippen LogP) is 15.3. The van der Waals surface area contributed by atoms with E-state index in [-0.39, 0.29) is 0 Å². The highest BCUT2D eigenvalue weighted by atomic mass is 28.3. The lowest BCUT2D eigenvalue weighted by atomic mass is 9.98. The van der Waals surface area contributed by atoms with Crippen LogP contribution in [0.5, 0.6) is 0 Å². The average molecular weight is 829 g/mol. The van der Waals surface area contributed by atoms with Gasteiger partial charge in [0.05, 0.1) is 48.1 Å². The van der Waals surface area contributed by atoms with Crippen molar-refractivity contribution in [3.8, 4) is 12.1 Å². The van der Waals surface area contributed by atoms with E-state index in [9.17, 15) is 10.5 Å². The molecule has 63 heavy (non-hydrogen) atoms. The van der Waals surface area contributed by atoms with Gasteiger partial charge in [0.1, 0.15) is 22.3 Å². The SMILES string of the molecule is Cc1ccc(N(c2ccc(C#N)cc2)c2cc3oc4c(ccc5oc6cc(N(c7ccc(C#N)cc7)c7ccc([Si](C)(C)C)cc7)c7ccccc7c6c54)c3c3ccccc23)cc1. The van der Waals surface area contributed by atoms with E-state index in [1.165, 1.54) is 10.8 Å². The molecule has 0 saturated heterocycles. The van der Waals surface area contributed by atoms with E-state index in [0.29, 0.717) is 11.1 Å². The van der Waals surface area contributed by atoms with Crippen LogP contribution < -0.4 is 15.0 Å². The van der Waals surface area contributed by atoms with Crippen LogP contribution in [-0.2, 0) is 0 Å². The molecule has 9 aromatic carbocycles. The third kappa shape index (κ3) is 6.21. The van der Waals surface area contributed by atoms with E-state index in [1.807, 2.05) is 48.5 Å². The normalized spacial score (nSPS) is 11.8. The van der Waals surface area contributed by atoms with Crippen LogP contribution in [0.2, 0.25) is 19.6 Å². The second kappa shape index (κ2) is 14.5. The van der Waals surface area contributed by atoms with Crippen molar-refractivity contribution in [2.24, 2.45) is 0 Å². The van der Waals surface area contributed by atoms with Crippen molar-refractivity contribution < 1.29 is 8.83 Å². The lowest BCUT2D eigenvalue weighted by molar-refractivity contribution is 0.663. The van der Waals surface area contributed by atoms with E-state index in [0.717, 1.165) is 99.5 Å². The minimum Gasteiger partial charge on any atom is -0.456 e. The Hall–Kier alpha value is -8.10. The molecule has 7 heteroatoms. The molecule has 0 unspecified atom stereocenters. The van der Waals surface area contributed by atoms with Gasteiger partial charge in [0.25, 0.3) is 0 Å². The zero-order valence-electron chi connectivity index (χ0n) is 35.3. The summed E-state index contributed by atoms with van der Waals surface area (Å²) in [6.45, 7) is 9.18. The van der Waals surface area contributed by atoms with Crippen LogP contribution in [0.4, 0.5) is 34.1 Å². The first kappa shape index (κ1) is 37.9. The lowest BCUT2D eigenvalue weighted by Crippen LogP contribution is -2.37. The second-order valence-corrected chi connectivity index (χ2v) is 22.3. The van der Waals surface area contributed by atoms with Gasteiger partial charge in [-0.2, -0.15) is 10.5 Å². The van der Waals surface area contributed by atoms with Gasteiger partial charge in [0, 0.05) is 61.8 Å². The maximum Gasteiger partial charge on any atom is 0.147 e. The third-order valence-corrected chi connectivity index (χ3v) is 14.4. The lowest BCUT2D eigenvalue weighted by Gasteiger charge is -2.28. The number of nitrogens with zero attached hydrogens (tertiary/aromatic N) is 4. The Morgan fingerprint density at radius 1 is 0.429 bits per heavy atom. The van der Waals surface area contributed by atoms with Gasteiger partial charge in [-0.25, -0.2) is 0 Å². The maximum absolute atomic E-state index is 9.68. The highest BCUT2D eigenvalue weighted by Crippen LogP contribution is 2.49. The van der Waals surface area contributed by atoms with Crippen LogP contribution >= 0.6 is 0 Å². The Morgan fingerprint density at radius 2 is 0.873 bits per heavy atom. The second-order valence-electron chi connectivity index (χ2n) is 17.3. The summed E-state index contributed by atoms with van der Waals surface area (Å²) in [7, 11) is -1.55. The maximum atomic E-state index is 9.68. The monoisotopic (exact) mass is 828 g/mol. The molecule has 6 nitrogen and oxygen atoms in total. The molecule has 0 atom stereocenters. The fourth-order valence-corrected chi connectivity index (χ4v) is 10.3. The molecule has 0 aliphatic carbocycles. The smallest absolute Gasteiger partial charge is 0.147 e. The van der Waals surface area contributed by atoms with Crippen molar-refractivity contribution in [2.75, 3.05) is 9.80 Å². The Balaban J connectivity index is 1.17. The first-order valence-corrected chi connectivity index (χ1v) is 24.6. The van der Waals surface area contributed by atoms with Crippen molar-refractivity contribution in [1.29, 1.82) is 10.5 Å². The summed E-state index contributed by atoms with van der Waals surface area (Å²) in [5.74, 6) is 0. The van der Waals surface area contributed by atoms with Crippen molar-refractivity contribution in [1.82, 2.24) is 0 Å². The molecular weight excluding hydrogens is 789 g/mol. The molecule has 11 rings (SSSR count). The highest BCUT2D eigenvalue weighted by molar-refractivity contribution is 6.88. The van der Waals surface area contributed by atoms with Gasteiger partial charge in [-0.15, -0.1) is 0 Å². The topological polar surface area (TPSA) is 80.3 Å². The fraction of sp³-hybridized carbons (Fsp3) is 0.0714. The molecule has 0 bridgehead atoms. The van der Waals surface area contributed by atoms with Crippen LogP contribution in [-0.4, -0.2) is 8.07 Å². The summed E-state index contributed by atoms with van der Waals surface area (Å²) in [5.41, 5.74) is 11.2. The average Bonchev–Trinajstić information content (AvgIpc) is 3.89. The molecule has 0 aliphatic heterocycles. The molecule has 0 amide bonds. The van der Waals surface area contributed by atoms with Crippen LogP contribution in [0.15, 0.2) is 179 Å². The van der Waals surface area contributed by atoms with E-state index >= 15 is 0 Å². The summed E-state index contributed by atoms with van der Waals surface area (Å²) in [5, 5.41) is 28.9. The number of nitriles is 2. The minimum atomic E-state index is -1.55. The summed E-state index contributed by atoms with van der Waals surface area (Å²) >= 11 is 0. The van der Waals surface area contributed by atoms with Crippen molar-refractivity contribution in [3.63, 3.8) is 0 Å². The number of hydrogen-bond donors (Lipinski definition) is 0. The molecule has 2 aromatic heterocycles. The molecular formula is C56H40N4O2Si. The number of benzene rings is 9. The number of anilines is 6. The molecule has 11 aromatic rings. The fourth-order valence-electron chi connectivity index (χ4n) is 9.18. The van der Waals surface area contributed by atoms with Crippen LogP contribution in [0, 0.1) is 29.6 Å². The van der Waals surface area contributed by atoms with Crippen molar-refractivity contribution in [2.45, 2.75) is 26.6 Å². The molecule has 0 radical (unpaired) electrons. The van der Waals surface area contributed by atoms with E-state index in [2.05, 4.69) is 170 Å². The molecule has 0 saturated carbocycles. The quantitative estimate of drug-likeness (QED) is 0.149. The molecule has 0 aliphatic rings. The molecule has 300 valence electrons. The minimum absolute atomic E-state index is 0.606. The van der Waals surface area contributed by atoms with Crippen molar-refractivity contribution in [3.05, 3.63) is 187 Å². The largest absolute Gasteiger partial charge is 0.456 e. The Morgan fingerprint density at radius 3 is 1.37 bits per heavy atom. The Bertz CT molecular complexity index is 3680. The summed E-state index contributed by atoms with van der Waals surface area (Å²) in [6, 6.07) is 63.1. The van der Waals surface area contributed by atoms with Gasteiger partial charge < -0.3 is 18.6 Å². The number of aryl methyl sites for hydroxylation is 1. The number of fused-ring (bicyclic) bond motifs is 11. The van der Waals surface area contributed by atoms with Gasteiger partial charge in [-0.05, 0) is 103 Å². The van der Waals surface area contributed by atoms with Gasteiger partial charge >= 0.3 is 0 Å². The molecule has 0 spiro atoms. The number of hydrogen-bond acceptors (Lipinski definition) is 6. The van der Waals surface area contributed by atoms with E-state index in [4.69, 9.17) is 8.83 Å². The predicted molar refractivity (Wildman–Crippen MR) is 263 cm³/mol. The molecule has 0 fully saturated rings. The van der Waals surface area contributed by atoms with Crippen LogP contribution in [0.25, 0.3) is 65.4 Å². The molecule has 2 heterocycles. The van der Waals surface area contributed by atoms with Gasteiger partial charge in [-0.3, -0.25) is 0 Å². The van der Waals surface area contributed by atoms with Gasteiger partial charge in [0.15, 0.2) is 0 Å². The summed E-state index contributed by atoms with van der Waals surface area (Å²) in [4.78, 5) is 4.51. The Kier molecular flexibility index (Phi) is 8.73. The molecule has 0 N–H and O–H groups in total. The zero-order valence-corrected chi connectivity index (χ0v) is 36.3. The standard InChI is InChI=1S/C56H40N4O2Si/c1-35-13-19-38(20-14-35)59(39-21-15-36(33-57)16-22-39)48-31-51-53(45-11-7-5-9-43(45)48)47-29-30-50-55(56(47)62-51)54-46-12-8-6-10-44(46)49(32-52(54)61-50)60(40-23-17-37(34-58)18-24-40)41-25-27-42(28-26-41)63(2,3)4/h5-32H,1-4H3. The van der Waals surface area contributed by atoms with Gasteiger partial charge in [-0.1, -0.05) is 103 Å². The van der Waals surface area contributed by atoms with Crippen LogP contribution in [0.3, 0.4) is 0 Å². The summed E-state index contributed by atoms with van der Waals surface area (Å²) < 4.78 is 14.0.